The largest absolute Gasteiger partial charge is 0.437 e. The van der Waals surface area contributed by atoms with E-state index in [1.165, 1.54) is 12.4 Å². The number of benzene rings is 1. The Bertz CT molecular complexity index is 898. The second kappa shape index (κ2) is 6.97. The Balaban J connectivity index is 1.75. The van der Waals surface area contributed by atoms with Crippen LogP contribution in [0, 0.1) is 18.3 Å². The molecule has 0 aliphatic rings. The van der Waals surface area contributed by atoms with Crippen LogP contribution >= 0.6 is 0 Å². The summed E-state index contributed by atoms with van der Waals surface area (Å²) in [6, 6.07) is 9.21. The second-order valence-electron chi connectivity index (χ2n) is 4.68. The first-order valence-electron chi connectivity index (χ1n) is 6.92. The number of hydrogen-bond donors (Lipinski definition) is 2. The SMILES string of the molecule is Cc1cncc(Oc2cccc(NC=C(C#N)c3nn[nH]n3)c2)n1. The average molecular weight is 320 g/mol. The van der Waals surface area contributed by atoms with E-state index in [2.05, 4.69) is 35.9 Å². The number of aromatic amines is 1. The summed E-state index contributed by atoms with van der Waals surface area (Å²) < 4.78 is 5.67. The summed E-state index contributed by atoms with van der Waals surface area (Å²) in [6.45, 7) is 1.84. The zero-order chi connectivity index (χ0) is 16.8. The number of nitrogens with zero attached hydrogens (tertiary/aromatic N) is 6. The fourth-order valence-electron chi connectivity index (χ4n) is 1.84. The first-order valence-corrected chi connectivity index (χ1v) is 6.92. The van der Waals surface area contributed by atoms with Crippen LogP contribution in [-0.4, -0.2) is 30.6 Å². The van der Waals surface area contributed by atoms with Crippen LogP contribution in [0.25, 0.3) is 5.57 Å². The fraction of sp³-hybridized carbons (Fsp3) is 0.0667. The first-order chi connectivity index (χ1) is 11.7. The van der Waals surface area contributed by atoms with Crippen LogP contribution in [0.15, 0.2) is 42.9 Å². The number of nitrogens with one attached hydrogen (secondary N) is 2. The van der Waals surface area contributed by atoms with Crippen LogP contribution in [-0.2, 0) is 0 Å². The Morgan fingerprint density at radius 2 is 2.29 bits per heavy atom. The number of nitriles is 1. The van der Waals surface area contributed by atoms with E-state index >= 15 is 0 Å². The molecule has 9 heteroatoms. The van der Waals surface area contributed by atoms with Crippen molar-refractivity contribution in [2.75, 3.05) is 5.32 Å². The molecule has 0 saturated carbocycles. The fourth-order valence-corrected chi connectivity index (χ4v) is 1.84. The minimum absolute atomic E-state index is 0.215. The third-order valence-corrected chi connectivity index (χ3v) is 2.88. The van der Waals surface area contributed by atoms with E-state index in [1.54, 1.807) is 18.3 Å². The third kappa shape index (κ3) is 3.69. The van der Waals surface area contributed by atoms with E-state index in [-0.39, 0.29) is 11.4 Å². The highest BCUT2D eigenvalue weighted by Crippen LogP contribution is 2.22. The number of ether oxygens (including phenoxy) is 1. The lowest BCUT2D eigenvalue weighted by Crippen LogP contribution is -1.94. The lowest BCUT2D eigenvalue weighted by Gasteiger charge is -2.07. The van der Waals surface area contributed by atoms with E-state index < -0.39 is 0 Å². The van der Waals surface area contributed by atoms with Gasteiger partial charge in [0.25, 0.3) is 0 Å². The Labute approximate surface area is 137 Å². The molecule has 0 spiro atoms. The summed E-state index contributed by atoms with van der Waals surface area (Å²) in [5.41, 5.74) is 1.74. The second-order valence-corrected chi connectivity index (χ2v) is 4.68. The quantitative estimate of drug-likeness (QED) is 0.684. The van der Waals surface area contributed by atoms with Crippen LogP contribution in [0.2, 0.25) is 0 Å². The molecule has 1 aromatic carbocycles. The molecule has 9 nitrogen and oxygen atoms in total. The zero-order valence-corrected chi connectivity index (χ0v) is 12.6. The molecule has 2 aromatic heterocycles. The molecule has 3 rings (SSSR count). The van der Waals surface area contributed by atoms with Gasteiger partial charge in [0, 0.05) is 24.2 Å². The van der Waals surface area contributed by atoms with Crippen molar-refractivity contribution >= 4 is 11.3 Å². The number of hydrogen-bond acceptors (Lipinski definition) is 8. The standard InChI is InChI=1S/C15H12N8O/c1-10-7-17-9-14(19-10)24-13-4-2-3-12(5-13)18-8-11(6-16)15-20-22-23-21-15/h2-5,7-9,18H,1H3,(H,20,21,22,23). The Morgan fingerprint density at radius 3 is 3.04 bits per heavy atom. The van der Waals surface area contributed by atoms with Gasteiger partial charge in [-0.05, 0) is 24.3 Å². The van der Waals surface area contributed by atoms with Crippen LogP contribution < -0.4 is 10.1 Å². The van der Waals surface area contributed by atoms with Crippen molar-refractivity contribution in [3.8, 4) is 17.7 Å². The summed E-state index contributed by atoms with van der Waals surface area (Å²) in [6.07, 6.45) is 4.68. The van der Waals surface area contributed by atoms with Gasteiger partial charge in [0.1, 0.15) is 17.4 Å². The zero-order valence-electron chi connectivity index (χ0n) is 12.6. The molecule has 24 heavy (non-hydrogen) atoms. The van der Waals surface area contributed by atoms with E-state index in [4.69, 9.17) is 10.00 Å². The van der Waals surface area contributed by atoms with Gasteiger partial charge in [-0.15, -0.1) is 10.2 Å². The summed E-state index contributed by atoms with van der Waals surface area (Å²) in [5.74, 6) is 1.21. The predicted octanol–water partition coefficient (Wildman–Crippen LogP) is 2.07. The number of rotatable bonds is 5. The number of H-pyrrole nitrogens is 1. The molecule has 0 atom stereocenters. The topological polar surface area (TPSA) is 125 Å². The van der Waals surface area contributed by atoms with Gasteiger partial charge in [-0.1, -0.05) is 6.07 Å². The smallest absolute Gasteiger partial charge is 0.238 e. The molecule has 0 saturated heterocycles. The van der Waals surface area contributed by atoms with Crippen molar-refractivity contribution in [1.82, 2.24) is 30.6 Å². The lowest BCUT2D eigenvalue weighted by molar-refractivity contribution is 0.459. The maximum atomic E-state index is 9.13. The average Bonchev–Trinajstić information content (AvgIpc) is 3.10. The number of anilines is 1. The summed E-state index contributed by atoms with van der Waals surface area (Å²) in [4.78, 5) is 8.26. The van der Waals surface area contributed by atoms with Gasteiger partial charge in [0.05, 0.1) is 11.9 Å². The monoisotopic (exact) mass is 320 g/mol. The van der Waals surface area contributed by atoms with Gasteiger partial charge in [-0.2, -0.15) is 10.5 Å². The van der Waals surface area contributed by atoms with Crippen molar-refractivity contribution in [2.24, 2.45) is 0 Å². The molecule has 0 fully saturated rings. The molecule has 0 aliphatic carbocycles. The normalized spacial score (nSPS) is 10.9. The molecule has 0 aliphatic heterocycles. The Hall–Kier alpha value is -3.80. The van der Waals surface area contributed by atoms with E-state index in [1.807, 2.05) is 25.1 Å². The van der Waals surface area contributed by atoms with Gasteiger partial charge < -0.3 is 10.1 Å². The van der Waals surface area contributed by atoms with Crippen molar-refractivity contribution < 1.29 is 4.74 Å². The highest BCUT2D eigenvalue weighted by molar-refractivity contribution is 5.74. The summed E-state index contributed by atoms with van der Waals surface area (Å²) in [5, 5.41) is 25.4. The summed E-state index contributed by atoms with van der Waals surface area (Å²) in [7, 11) is 0. The minimum Gasteiger partial charge on any atom is -0.437 e. The Morgan fingerprint density at radius 1 is 1.38 bits per heavy atom. The van der Waals surface area contributed by atoms with Crippen LogP contribution in [0.1, 0.15) is 11.5 Å². The van der Waals surface area contributed by atoms with Crippen molar-refractivity contribution in [1.29, 1.82) is 5.26 Å². The van der Waals surface area contributed by atoms with E-state index in [0.717, 1.165) is 11.4 Å². The number of allylic oxidation sites excluding steroid dienone is 1. The predicted molar refractivity (Wildman–Crippen MR) is 84.7 cm³/mol. The number of aromatic nitrogens is 6. The molecular weight excluding hydrogens is 308 g/mol. The van der Waals surface area contributed by atoms with E-state index in [9.17, 15) is 0 Å². The highest BCUT2D eigenvalue weighted by atomic mass is 16.5. The van der Waals surface area contributed by atoms with Gasteiger partial charge in [0.15, 0.2) is 0 Å². The van der Waals surface area contributed by atoms with Gasteiger partial charge in [0.2, 0.25) is 11.7 Å². The molecule has 0 bridgehead atoms. The molecule has 3 aromatic rings. The Kier molecular flexibility index (Phi) is 4.39. The molecule has 0 unspecified atom stereocenters. The highest BCUT2D eigenvalue weighted by Gasteiger charge is 2.06. The van der Waals surface area contributed by atoms with Crippen molar-refractivity contribution in [2.45, 2.75) is 6.92 Å². The van der Waals surface area contributed by atoms with Crippen LogP contribution in [0.3, 0.4) is 0 Å². The molecule has 2 N–H and O–H groups in total. The van der Waals surface area contributed by atoms with Crippen LogP contribution in [0.4, 0.5) is 5.69 Å². The molecule has 2 heterocycles. The summed E-state index contributed by atoms with van der Waals surface area (Å²) >= 11 is 0. The molecule has 0 radical (unpaired) electrons. The van der Waals surface area contributed by atoms with Crippen molar-refractivity contribution in [3.63, 3.8) is 0 Å². The maximum absolute atomic E-state index is 9.13. The van der Waals surface area contributed by atoms with Crippen molar-refractivity contribution in [3.05, 3.63) is 54.4 Å². The molecule has 0 amide bonds. The molecular formula is C15H12N8O. The third-order valence-electron chi connectivity index (χ3n) is 2.88. The minimum atomic E-state index is 0.215. The lowest BCUT2D eigenvalue weighted by atomic mass is 10.2. The van der Waals surface area contributed by atoms with Gasteiger partial charge in [-0.25, -0.2) is 4.98 Å². The van der Waals surface area contributed by atoms with Gasteiger partial charge >= 0.3 is 0 Å². The van der Waals surface area contributed by atoms with Crippen LogP contribution in [0.5, 0.6) is 11.6 Å². The van der Waals surface area contributed by atoms with Gasteiger partial charge in [-0.3, -0.25) is 4.98 Å². The van der Waals surface area contributed by atoms with E-state index in [0.29, 0.717) is 11.6 Å². The first kappa shape index (κ1) is 15.1. The maximum Gasteiger partial charge on any atom is 0.238 e. The number of aryl methyl sites for hydroxylation is 1. The number of tetrazole rings is 1. The molecule has 118 valence electrons.